The van der Waals surface area contributed by atoms with Gasteiger partial charge in [0.2, 0.25) is 0 Å². The van der Waals surface area contributed by atoms with Crippen molar-refractivity contribution in [3.05, 3.63) is 23.8 Å². The summed E-state index contributed by atoms with van der Waals surface area (Å²) in [7, 11) is 0. The molecule has 2 rings (SSSR count). The number of hydrogen-bond acceptors (Lipinski definition) is 2. The van der Waals surface area contributed by atoms with E-state index in [-0.39, 0.29) is 0 Å². The van der Waals surface area contributed by atoms with E-state index in [1.54, 1.807) is 0 Å². The number of benzene rings is 1. The molecule has 1 aromatic carbocycles. The Hall–Kier alpha value is -1.07. The monoisotopic (exact) mass is 239 g/mol. The Morgan fingerprint density at radius 1 is 1.56 bits per heavy atom. The lowest BCUT2D eigenvalue weighted by atomic mass is 10.0. The Bertz CT molecular complexity index is 408. The first-order valence-corrected chi connectivity index (χ1v) is 6.65. The van der Waals surface area contributed by atoms with E-state index in [1.165, 1.54) is 0 Å². The second-order valence-electron chi connectivity index (χ2n) is 3.80. The Labute approximate surface area is 98.5 Å². The van der Waals surface area contributed by atoms with Gasteiger partial charge in [-0.25, -0.2) is 8.93 Å². The highest BCUT2D eigenvalue weighted by atomic mass is 32.2. The number of nitrogen functional groups attached to an aromatic ring is 1. The van der Waals surface area contributed by atoms with Gasteiger partial charge in [-0.05, 0) is 30.5 Å². The van der Waals surface area contributed by atoms with Crippen LogP contribution in [0.15, 0.2) is 18.2 Å². The average molecular weight is 239 g/mol. The van der Waals surface area contributed by atoms with Crippen molar-refractivity contribution >= 4 is 22.5 Å². The molecule has 0 saturated carbocycles. The van der Waals surface area contributed by atoms with Crippen molar-refractivity contribution in [1.29, 1.82) is 0 Å². The summed E-state index contributed by atoms with van der Waals surface area (Å²) in [4.78, 5) is 0. The van der Waals surface area contributed by atoms with E-state index < -0.39 is 11.2 Å². The van der Waals surface area contributed by atoms with Gasteiger partial charge in [-0.2, -0.15) is 0 Å². The van der Waals surface area contributed by atoms with Crippen LogP contribution in [0.1, 0.15) is 18.9 Å². The van der Waals surface area contributed by atoms with Crippen LogP contribution in [-0.4, -0.2) is 17.3 Å². The van der Waals surface area contributed by atoms with Crippen LogP contribution in [0.25, 0.3) is 0 Å². The van der Waals surface area contributed by atoms with E-state index in [2.05, 4.69) is 4.72 Å². The van der Waals surface area contributed by atoms with Crippen molar-refractivity contribution in [3.63, 3.8) is 0 Å². The molecule has 5 heteroatoms. The van der Waals surface area contributed by atoms with Gasteiger partial charge < -0.3 is 5.73 Å². The standard InChI is InChI=1S/C11H17N3OS/c1-2-13-16(15)14-8-4-5-9-10(12)6-3-7-11(9)14/h3,6-7,13H,2,4-5,8,12H2,1H3. The zero-order chi connectivity index (χ0) is 11.5. The molecule has 3 N–H and O–H groups in total. The molecule has 1 heterocycles. The molecule has 1 aliphatic rings. The van der Waals surface area contributed by atoms with Gasteiger partial charge >= 0.3 is 0 Å². The second-order valence-corrected chi connectivity index (χ2v) is 5.03. The number of fused-ring (bicyclic) bond motifs is 1. The third kappa shape index (κ3) is 2.05. The smallest absolute Gasteiger partial charge is 0.196 e. The van der Waals surface area contributed by atoms with Crippen molar-refractivity contribution < 1.29 is 4.21 Å². The minimum atomic E-state index is -1.15. The maximum absolute atomic E-state index is 12.0. The molecule has 0 aliphatic carbocycles. The Kier molecular flexibility index (Phi) is 3.46. The van der Waals surface area contributed by atoms with Crippen molar-refractivity contribution in [2.45, 2.75) is 19.8 Å². The molecule has 16 heavy (non-hydrogen) atoms. The molecule has 0 amide bonds. The van der Waals surface area contributed by atoms with E-state index in [0.29, 0.717) is 6.54 Å². The minimum absolute atomic E-state index is 0.695. The fourth-order valence-corrected chi connectivity index (χ4v) is 3.04. The molecule has 1 unspecified atom stereocenters. The molecule has 0 bridgehead atoms. The molecule has 1 aliphatic heterocycles. The van der Waals surface area contributed by atoms with Crippen molar-refractivity contribution in [1.82, 2.24) is 4.72 Å². The normalized spacial score (nSPS) is 16.9. The lowest BCUT2D eigenvalue weighted by Gasteiger charge is -2.30. The maximum Gasteiger partial charge on any atom is 0.196 e. The van der Waals surface area contributed by atoms with Gasteiger partial charge in [0.05, 0.1) is 5.69 Å². The summed E-state index contributed by atoms with van der Waals surface area (Å²) in [5.74, 6) is 0. The van der Waals surface area contributed by atoms with Crippen LogP contribution in [0.2, 0.25) is 0 Å². The zero-order valence-corrected chi connectivity index (χ0v) is 10.2. The fraction of sp³-hybridized carbons (Fsp3) is 0.455. The number of nitrogens with two attached hydrogens (primary N) is 1. The Morgan fingerprint density at radius 3 is 3.12 bits per heavy atom. The molecule has 0 radical (unpaired) electrons. The summed E-state index contributed by atoms with van der Waals surface area (Å²) >= 11 is -1.15. The molecule has 0 spiro atoms. The molecule has 0 fully saturated rings. The van der Waals surface area contributed by atoms with Crippen LogP contribution in [0.5, 0.6) is 0 Å². The van der Waals surface area contributed by atoms with Crippen LogP contribution in [0, 0.1) is 0 Å². The summed E-state index contributed by atoms with van der Waals surface area (Å²) in [5.41, 5.74) is 8.86. The fourth-order valence-electron chi connectivity index (χ4n) is 1.99. The number of anilines is 2. The predicted octanol–water partition coefficient (Wildman–Crippen LogP) is 1.21. The van der Waals surface area contributed by atoms with Crippen LogP contribution >= 0.6 is 0 Å². The summed E-state index contributed by atoms with van der Waals surface area (Å²) in [6.07, 6.45) is 1.97. The van der Waals surface area contributed by atoms with E-state index >= 15 is 0 Å². The van der Waals surface area contributed by atoms with Crippen molar-refractivity contribution in [3.8, 4) is 0 Å². The van der Waals surface area contributed by atoms with E-state index in [0.717, 1.165) is 36.3 Å². The van der Waals surface area contributed by atoms with Crippen molar-refractivity contribution in [2.75, 3.05) is 23.1 Å². The highest BCUT2D eigenvalue weighted by molar-refractivity contribution is 7.84. The van der Waals surface area contributed by atoms with Gasteiger partial charge in [0.25, 0.3) is 0 Å². The molecule has 0 saturated heterocycles. The van der Waals surface area contributed by atoms with Crippen LogP contribution < -0.4 is 14.8 Å². The number of hydrogen-bond donors (Lipinski definition) is 2. The summed E-state index contributed by atoms with van der Waals surface area (Å²) in [6.45, 7) is 3.46. The number of rotatable bonds is 3. The molecular weight excluding hydrogens is 222 g/mol. The molecule has 0 aromatic heterocycles. The molecule has 1 atom stereocenters. The topological polar surface area (TPSA) is 58.4 Å². The first-order valence-electron chi connectivity index (χ1n) is 5.54. The second kappa shape index (κ2) is 4.84. The molecular formula is C11H17N3OS. The van der Waals surface area contributed by atoms with Gasteiger partial charge in [0.15, 0.2) is 11.2 Å². The van der Waals surface area contributed by atoms with E-state index in [4.69, 9.17) is 5.73 Å². The number of nitrogens with zero attached hydrogens (tertiary/aromatic N) is 1. The van der Waals surface area contributed by atoms with E-state index in [1.807, 2.05) is 29.4 Å². The van der Waals surface area contributed by atoms with Crippen LogP contribution in [-0.2, 0) is 17.6 Å². The largest absolute Gasteiger partial charge is 0.398 e. The van der Waals surface area contributed by atoms with Gasteiger partial charge in [0, 0.05) is 18.8 Å². The van der Waals surface area contributed by atoms with Gasteiger partial charge in [-0.1, -0.05) is 13.0 Å². The zero-order valence-electron chi connectivity index (χ0n) is 9.40. The minimum Gasteiger partial charge on any atom is -0.398 e. The quantitative estimate of drug-likeness (QED) is 0.779. The van der Waals surface area contributed by atoms with E-state index in [9.17, 15) is 4.21 Å². The Balaban J connectivity index is 2.33. The number of nitrogens with one attached hydrogen (secondary N) is 1. The first kappa shape index (κ1) is 11.4. The first-order chi connectivity index (χ1) is 7.74. The SMILES string of the molecule is CCNS(=O)N1CCCc2c(N)cccc21. The average Bonchev–Trinajstić information content (AvgIpc) is 2.29. The van der Waals surface area contributed by atoms with Gasteiger partial charge in [-0.3, -0.25) is 4.31 Å². The van der Waals surface area contributed by atoms with Crippen LogP contribution in [0.3, 0.4) is 0 Å². The molecule has 1 aromatic rings. The van der Waals surface area contributed by atoms with Gasteiger partial charge in [-0.15, -0.1) is 0 Å². The highest BCUT2D eigenvalue weighted by Crippen LogP contribution is 2.31. The van der Waals surface area contributed by atoms with Crippen LogP contribution in [0.4, 0.5) is 11.4 Å². The lowest BCUT2D eigenvalue weighted by molar-refractivity contribution is 0.663. The third-order valence-corrected chi connectivity index (χ3v) is 4.03. The highest BCUT2D eigenvalue weighted by Gasteiger charge is 2.22. The maximum atomic E-state index is 12.0. The predicted molar refractivity (Wildman–Crippen MR) is 68.3 cm³/mol. The Morgan fingerprint density at radius 2 is 2.38 bits per heavy atom. The van der Waals surface area contributed by atoms with Gasteiger partial charge in [0.1, 0.15) is 0 Å². The lowest BCUT2D eigenvalue weighted by Crippen LogP contribution is -2.38. The summed E-state index contributed by atoms with van der Waals surface area (Å²) < 4.78 is 16.8. The molecule has 4 nitrogen and oxygen atoms in total. The third-order valence-electron chi connectivity index (χ3n) is 2.71. The van der Waals surface area contributed by atoms with Crippen molar-refractivity contribution in [2.24, 2.45) is 0 Å². The molecule has 88 valence electrons. The summed E-state index contributed by atoms with van der Waals surface area (Å²) in [5, 5.41) is 0. The summed E-state index contributed by atoms with van der Waals surface area (Å²) in [6, 6.07) is 5.80.